The fourth-order valence-corrected chi connectivity index (χ4v) is 4.59. The first-order valence-electron chi connectivity index (χ1n) is 9.28. The van der Waals surface area contributed by atoms with Crippen LogP contribution in [0, 0.1) is 12.8 Å². The molecule has 2 unspecified atom stereocenters. The van der Waals surface area contributed by atoms with Gasteiger partial charge in [-0.25, -0.2) is 0 Å². The number of aryl methyl sites for hydroxylation is 1. The van der Waals surface area contributed by atoms with Crippen LogP contribution < -0.4 is 25.8 Å². The molecule has 2 aromatic rings. The van der Waals surface area contributed by atoms with Crippen molar-refractivity contribution >= 4 is 22.0 Å². The van der Waals surface area contributed by atoms with Crippen LogP contribution in [0.4, 0.5) is 5.69 Å². The first-order valence-corrected chi connectivity index (χ1v) is 10.7. The number of piperidine rings is 1. The summed E-state index contributed by atoms with van der Waals surface area (Å²) in [5.74, 6) is 6.07. The minimum atomic E-state index is -4.04. The van der Waals surface area contributed by atoms with E-state index in [2.05, 4.69) is 10.4 Å². The number of benzene rings is 2. The van der Waals surface area contributed by atoms with Crippen LogP contribution in [0.1, 0.15) is 23.5 Å². The molecule has 1 saturated heterocycles. The molecule has 5 N–H and O–H groups in total. The predicted octanol–water partition coefficient (Wildman–Crippen LogP) is 1.99. The van der Waals surface area contributed by atoms with E-state index in [0.29, 0.717) is 11.4 Å². The molecule has 29 heavy (non-hydrogen) atoms. The first-order chi connectivity index (χ1) is 13.9. The molecule has 0 aromatic heterocycles. The van der Waals surface area contributed by atoms with Gasteiger partial charge >= 0.3 is 10.1 Å². The monoisotopic (exact) mass is 418 g/mol. The summed E-state index contributed by atoms with van der Waals surface area (Å²) < 4.78 is 36.7. The lowest BCUT2D eigenvalue weighted by Gasteiger charge is -2.31. The molecule has 8 nitrogen and oxygen atoms in total. The summed E-state index contributed by atoms with van der Waals surface area (Å²) >= 11 is 0. The minimum absolute atomic E-state index is 0.0202. The van der Waals surface area contributed by atoms with Crippen LogP contribution >= 0.6 is 0 Å². The number of hydrazone groups is 1. The van der Waals surface area contributed by atoms with Gasteiger partial charge in [0.25, 0.3) is 0 Å². The summed E-state index contributed by atoms with van der Waals surface area (Å²) in [4.78, 5) is 0.0202. The molecule has 1 aliphatic heterocycles. The van der Waals surface area contributed by atoms with E-state index in [0.717, 1.165) is 30.6 Å². The van der Waals surface area contributed by atoms with Crippen LogP contribution in [0.25, 0.3) is 0 Å². The number of rotatable bonds is 6. The minimum Gasteiger partial charge on any atom is -0.492 e. The third kappa shape index (κ3) is 4.63. The highest BCUT2D eigenvalue weighted by molar-refractivity contribution is 7.87. The Morgan fingerprint density at radius 3 is 2.62 bits per heavy atom. The molecule has 156 valence electrons. The van der Waals surface area contributed by atoms with Crippen molar-refractivity contribution in [3.05, 3.63) is 47.5 Å². The third-order valence-corrected chi connectivity index (χ3v) is 6.25. The van der Waals surface area contributed by atoms with Crippen molar-refractivity contribution in [2.45, 2.75) is 24.2 Å². The molecule has 0 bridgehead atoms. The van der Waals surface area contributed by atoms with Crippen LogP contribution in [0.5, 0.6) is 11.5 Å². The molecule has 0 radical (unpaired) electrons. The van der Waals surface area contributed by atoms with Gasteiger partial charge in [-0.05, 0) is 61.7 Å². The Balaban J connectivity index is 2.03. The Hall–Kier alpha value is -2.78. The van der Waals surface area contributed by atoms with Crippen molar-refractivity contribution in [2.24, 2.45) is 16.9 Å². The van der Waals surface area contributed by atoms with E-state index in [9.17, 15) is 8.42 Å². The number of nitrogen functional groups attached to an aromatic ring is 1. The van der Waals surface area contributed by atoms with Crippen molar-refractivity contribution in [1.29, 1.82) is 0 Å². The van der Waals surface area contributed by atoms with Gasteiger partial charge in [0, 0.05) is 29.9 Å². The Morgan fingerprint density at radius 1 is 1.24 bits per heavy atom. The number of nitrogens with two attached hydrogens (primary N) is 2. The quantitative estimate of drug-likeness (QED) is 0.215. The Kier molecular flexibility index (Phi) is 6.29. The average molecular weight is 419 g/mol. The van der Waals surface area contributed by atoms with Crippen molar-refractivity contribution < 1.29 is 17.3 Å². The van der Waals surface area contributed by atoms with Gasteiger partial charge in [0.15, 0.2) is 11.5 Å². The highest BCUT2D eigenvalue weighted by atomic mass is 32.2. The SMILES string of the molecule is COc1c(OS(=O)(=O)c2ccc(N)cc2)cc(C)cc1C1CCNCC1C=NN. The number of nitrogens with zero attached hydrogens (tertiary/aromatic N) is 1. The van der Waals surface area contributed by atoms with Gasteiger partial charge in [-0.2, -0.15) is 13.5 Å². The van der Waals surface area contributed by atoms with E-state index < -0.39 is 10.1 Å². The second-order valence-electron chi connectivity index (χ2n) is 7.05. The van der Waals surface area contributed by atoms with Crippen LogP contribution in [0.15, 0.2) is 46.4 Å². The molecule has 0 aliphatic carbocycles. The summed E-state index contributed by atoms with van der Waals surface area (Å²) in [6.07, 6.45) is 2.55. The van der Waals surface area contributed by atoms with E-state index in [1.54, 1.807) is 12.3 Å². The maximum atomic E-state index is 12.8. The van der Waals surface area contributed by atoms with Crippen LogP contribution in [-0.2, 0) is 10.1 Å². The van der Waals surface area contributed by atoms with E-state index in [-0.39, 0.29) is 22.5 Å². The summed E-state index contributed by atoms with van der Waals surface area (Å²) in [7, 11) is -2.54. The van der Waals surface area contributed by atoms with E-state index >= 15 is 0 Å². The number of hydrogen-bond donors (Lipinski definition) is 3. The lowest BCUT2D eigenvalue weighted by Crippen LogP contribution is -2.36. The topological polar surface area (TPSA) is 129 Å². The molecule has 0 spiro atoms. The second-order valence-corrected chi connectivity index (χ2v) is 8.60. The largest absolute Gasteiger partial charge is 0.492 e. The van der Waals surface area contributed by atoms with Crippen LogP contribution in [0.3, 0.4) is 0 Å². The van der Waals surface area contributed by atoms with Gasteiger partial charge in [0.2, 0.25) is 0 Å². The molecule has 2 aromatic carbocycles. The molecule has 2 atom stereocenters. The first kappa shape index (κ1) is 20.9. The molecular formula is C20H26N4O4S. The molecule has 0 amide bonds. The maximum Gasteiger partial charge on any atom is 0.339 e. The molecule has 9 heteroatoms. The highest BCUT2D eigenvalue weighted by Gasteiger charge is 2.30. The van der Waals surface area contributed by atoms with E-state index in [1.165, 1.54) is 31.4 Å². The van der Waals surface area contributed by atoms with Crippen molar-refractivity contribution in [2.75, 3.05) is 25.9 Å². The number of anilines is 1. The average Bonchev–Trinajstić information content (AvgIpc) is 2.68. The lowest BCUT2D eigenvalue weighted by molar-refractivity contribution is 0.358. The molecule has 0 saturated carbocycles. The number of nitrogens with one attached hydrogen (secondary N) is 1. The fraction of sp³-hybridized carbons (Fsp3) is 0.350. The van der Waals surface area contributed by atoms with Gasteiger partial charge < -0.3 is 25.8 Å². The third-order valence-electron chi connectivity index (χ3n) is 5.01. The van der Waals surface area contributed by atoms with Crippen LogP contribution in [-0.4, -0.2) is 34.8 Å². The molecule has 3 rings (SSSR count). The smallest absolute Gasteiger partial charge is 0.339 e. The fourth-order valence-electron chi connectivity index (χ4n) is 3.66. The van der Waals surface area contributed by atoms with Gasteiger partial charge in [-0.3, -0.25) is 0 Å². The van der Waals surface area contributed by atoms with Crippen molar-refractivity contribution in [3.8, 4) is 11.5 Å². The zero-order valence-electron chi connectivity index (χ0n) is 16.5. The van der Waals surface area contributed by atoms with Crippen molar-refractivity contribution in [1.82, 2.24) is 5.32 Å². The number of hydrogen-bond acceptors (Lipinski definition) is 8. The Labute approximate surface area is 171 Å². The summed E-state index contributed by atoms with van der Waals surface area (Å²) in [5, 5.41) is 7.02. The maximum absolute atomic E-state index is 12.8. The molecular weight excluding hydrogens is 392 g/mol. The zero-order chi connectivity index (χ0) is 21.0. The zero-order valence-corrected chi connectivity index (χ0v) is 17.3. The van der Waals surface area contributed by atoms with E-state index in [1.807, 2.05) is 13.0 Å². The highest BCUT2D eigenvalue weighted by Crippen LogP contribution is 2.42. The Bertz CT molecular complexity index is 990. The second kappa shape index (κ2) is 8.71. The Morgan fingerprint density at radius 2 is 1.97 bits per heavy atom. The lowest BCUT2D eigenvalue weighted by atomic mass is 9.80. The summed E-state index contributed by atoms with van der Waals surface area (Å²) in [6.45, 7) is 3.44. The molecule has 1 aliphatic rings. The standard InChI is InChI=1S/C20H26N4O4S/c1-13-9-18(17-7-8-23-11-14(17)12-24-22)20(27-2)19(10-13)28-29(25,26)16-5-3-15(21)4-6-16/h3-6,9-10,12,14,17,23H,7-8,11,21-22H2,1-2H3. The van der Waals surface area contributed by atoms with Gasteiger partial charge in [-0.15, -0.1) is 0 Å². The molecule has 1 fully saturated rings. The van der Waals surface area contributed by atoms with Crippen molar-refractivity contribution in [3.63, 3.8) is 0 Å². The molecule has 1 heterocycles. The number of ether oxygens (including phenoxy) is 1. The number of methoxy groups -OCH3 is 1. The van der Waals surface area contributed by atoms with Gasteiger partial charge in [-0.1, -0.05) is 6.07 Å². The summed E-state index contributed by atoms with van der Waals surface area (Å²) in [5.41, 5.74) is 7.86. The van der Waals surface area contributed by atoms with Gasteiger partial charge in [0.05, 0.1) is 7.11 Å². The van der Waals surface area contributed by atoms with Gasteiger partial charge in [0.1, 0.15) is 4.90 Å². The van der Waals surface area contributed by atoms with E-state index in [4.69, 9.17) is 20.5 Å². The normalized spacial score (nSPS) is 19.9. The van der Waals surface area contributed by atoms with Crippen LogP contribution in [0.2, 0.25) is 0 Å². The summed E-state index contributed by atoms with van der Waals surface area (Å²) in [6, 6.07) is 9.50. The predicted molar refractivity (Wildman–Crippen MR) is 113 cm³/mol.